The number of hydrogen-bond acceptors (Lipinski definition) is 5. The molecule has 1 atom stereocenters. The SMILES string of the molecule is Cc1nccc(CC2COCCN(CC3(O)CCCCC3)C2)n1. The zero-order valence-electron chi connectivity index (χ0n) is 14.2. The number of hydrogen-bond donors (Lipinski definition) is 1. The van der Waals surface area contributed by atoms with Crippen molar-refractivity contribution in [3.05, 3.63) is 23.8 Å². The molecule has 1 aliphatic heterocycles. The summed E-state index contributed by atoms with van der Waals surface area (Å²) in [7, 11) is 0. The van der Waals surface area contributed by atoms with Crippen molar-refractivity contribution in [3.63, 3.8) is 0 Å². The van der Waals surface area contributed by atoms with Gasteiger partial charge >= 0.3 is 0 Å². The van der Waals surface area contributed by atoms with Crippen molar-refractivity contribution in [2.45, 2.75) is 51.0 Å². The van der Waals surface area contributed by atoms with Crippen LogP contribution in [0.5, 0.6) is 0 Å². The van der Waals surface area contributed by atoms with Gasteiger partial charge in [-0.05, 0) is 32.3 Å². The summed E-state index contributed by atoms with van der Waals surface area (Å²) in [4.78, 5) is 11.1. The van der Waals surface area contributed by atoms with Gasteiger partial charge in [0.2, 0.25) is 0 Å². The van der Waals surface area contributed by atoms with Crippen LogP contribution in [-0.4, -0.2) is 58.4 Å². The second kappa shape index (κ2) is 7.69. The lowest BCUT2D eigenvalue weighted by atomic mass is 9.84. The molecule has 2 heterocycles. The van der Waals surface area contributed by atoms with Crippen LogP contribution in [0.25, 0.3) is 0 Å². The lowest BCUT2D eigenvalue weighted by Crippen LogP contribution is -2.46. The first-order chi connectivity index (χ1) is 11.1. The highest BCUT2D eigenvalue weighted by molar-refractivity contribution is 5.03. The van der Waals surface area contributed by atoms with Crippen LogP contribution in [0.1, 0.15) is 43.6 Å². The Morgan fingerprint density at radius 2 is 2.17 bits per heavy atom. The van der Waals surface area contributed by atoms with Gasteiger partial charge in [-0.25, -0.2) is 9.97 Å². The van der Waals surface area contributed by atoms with E-state index in [1.54, 1.807) is 0 Å². The highest BCUT2D eigenvalue weighted by Gasteiger charge is 2.32. The third kappa shape index (κ3) is 4.96. The molecule has 0 spiro atoms. The van der Waals surface area contributed by atoms with E-state index >= 15 is 0 Å². The van der Waals surface area contributed by atoms with Crippen LogP contribution in [0.4, 0.5) is 0 Å². The van der Waals surface area contributed by atoms with Crippen LogP contribution in [0.15, 0.2) is 12.3 Å². The fourth-order valence-electron chi connectivity index (χ4n) is 3.92. The van der Waals surface area contributed by atoms with Gasteiger partial charge in [-0.1, -0.05) is 19.3 Å². The highest BCUT2D eigenvalue weighted by Crippen LogP contribution is 2.29. The molecular weight excluding hydrogens is 290 g/mol. The van der Waals surface area contributed by atoms with Gasteiger partial charge in [-0.3, -0.25) is 4.90 Å². The van der Waals surface area contributed by atoms with Gasteiger partial charge < -0.3 is 9.84 Å². The van der Waals surface area contributed by atoms with Crippen LogP contribution >= 0.6 is 0 Å². The number of aryl methyl sites for hydroxylation is 1. The van der Waals surface area contributed by atoms with Crippen LogP contribution in [0, 0.1) is 12.8 Å². The summed E-state index contributed by atoms with van der Waals surface area (Å²) in [6.45, 7) is 6.15. The summed E-state index contributed by atoms with van der Waals surface area (Å²) in [5, 5.41) is 10.8. The monoisotopic (exact) mass is 319 g/mol. The van der Waals surface area contributed by atoms with Crippen molar-refractivity contribution in [2.24, 2.45) is 5.92 Å². The molecule has 1 saturated heterocycles. The molecule has 1 saturated carbocycles. The molecule has 1 N–H and O–H groups in total. The van der Waals surface area contributed by atoms with E-state index in [1.165, 1.54) is 6.42 Å². The molecule has 0 amide bonds. The third-order valence-corrected chi connectivity index (χ3v) is 5.06. The molecule has 5 nitrogen and oxygen atoms in total. The van der Waals surface area contributed by atoms with E-state index in [-0.39, 0.29) is 0 Å². The summed E-state index contributed by atoms with van der Waals surface area (Å²) in [5.74, 6) is 1.25. The van der Waals surface area contributed by atoms with Crippen molar-refractivity contribution < 1.29 is 9.84 Å². The molecule has 2 aliphatic rings. The predicted molar refractivity (Wildman–Crippen MR) is 89.3 cm³/mol. The van der Waals surface area contributed by atoms with E-state index in [1.807, 2.05) is 19.2 Å². The Morgan fingerprint density at radius 1 is 1.35 bits per heavy atom. The second-order valence-electron chi connectivity index (χ2n) is 7.26. The van der Waals surface area contributed by atoms with Crippen LogP contribution in [-0.2, 0) is 11.2 Å². The smallest absolute Gasteiger partial charge is 0.125 e. The molecule has 3 rings (SSSR count). The van der Waals surface area contributed by atoms with Crippen LogP contribution in [0.2, 0.25) is 0 Å². The molecule has 0 aromatic carbocycles. The lowest BCUT2D eigenvalue weighted by molar-refractivity contribution is -0.0276. The molecule has 2 fully saturated rings. The van der Waals surface area contributed by atoms with E-state index in [2.05, 4.69) is 14.9 Å². The van der Waals surface area contributed by atoms with E-state index in [4.69, 9.17) is 4.74 Å². The van der Waals surface area contributed by atoms with E-state index in [0.717, 1.165) is 76.5 Å². The summed E-state index contributed by atoms with van der Waals surface area (Å²) < 4.78 is 5.80. The molecule has 1 unspecified atom stereocenters. The maximum Gasteiger partial charge on any atom is 0.125 e. The van der Waals surface area contributed by atoms with E-state index in [9.17, 15) is 5.11 Å². The first kappa shape index (κ1) is 16.8. The van der Waals surface area contributed by atoms with Crippen molar-refractivity contribution in [1.29, 1.82) is 0 Å². The van der Waals surface area contributed by atoms with E-state index in [0.29, 0.717) is 5.92 Å². The number of aromatic nitrogens is 2. The fraction of sp³-hybridized carbons (Fsp3) is 0.778. The van der Waals surface area contributed by atoms with Gasteiger partial charge in [-0.15, -0.1) is 0 Å². The van der Waals surface area contributed by atoms with Crippen molar-refractivity contribution >= 4 is 0 Å². The van der Waals surface area contributed by atoms with Gasteiger partial charge in [0.25, 0.3) is 0 Å². The van der Waals surface area contributed by atoms with Gasteiger partial charge in [0.05, 0.1) is 18.8 Å². The Hall–Kier alpha value is -1.04. The predicted octanol–water partition coefficient (Wildman–Crippen LogP) is 1.97. The standard InChI is InChI=1S/C18H29N3O2/c1-15-19-8-5-17(20-15)11-16-12-21(9-10-23-13-16)14-18(22)6-3-2-4-7-18/h5,8,16,22H,2-4,6-7,9-14H2,1H3. The van der Waals surface area contributed by atoms with Crippen LogP contribution in [0.3, 0.4) is 0 Å². The quantitative estimate of drug-likeness (QED) is 0.919. The maximum absolute atomic E-state index is 10.8. The molecule has 128 valence electrons. The summed E-state index contributed by atoms with van der Waals surface area (Å²) >= 11 is 0. The zero-order chi connectivity index (χ0) is 16.1. The zero-order valence-corrected chi connectivity index (χ0v) is 14.2. The minimum Gasteiger partial charge on any atom is -0.389 e. The summed E-state index contributed by atoms with van der Waals surface area (Å²) in [5.41, 5.74) is 0.600. The lowest BCUT2D eigenvalue weighted by Gasteiger charge is -2.37. The number of nitrogens with zero attached hydrogens (tertiary/aromatic N) is 3. The second-order valence-corrected chi connectivity index (χ2v) is 7.26. The molecule has 1 aliphatic carbocycles. The molecule has 1 aromatic heterocycles. The fourth-order valence-corrected chi connectivity index (χ4v) is 3.92. The molecule has 0 radical (unpaired) electrons. The Bertz CT molecular complexity index is 503. The molecule has 23 heavy (non-hydrogen) atoms. The Morgan fingerprint density at radius 3 is 2.96 bits per heavy atom. The van der Waals surface area contributed by atoms with Crippen molar-refractivity contribution in [1.82, 2.24) is 14.9 Å². The average molecular weight is 319 g/mol. The average Bonchev–Trinajstić information content (AvgIpc) is 2.72. The number of aliphatic hydroxyl groups is 1. The highest BCUT2D eigenvalue weighted by atomic mass is 16.5. The Balaban J connectivity index is 1.59. The summed E-state index contributed by atoms with van der Waals surface area (Å²) in [6.07, 6.45) is 8.21. The topological polar surface area (TPSA) is 58.5 Å². The van der Waals surface area contributed by atoms with Gasteiger partial charge in [-0.2, -0.15) is 0 Å². The maximum atomic E-state index is 10.8. The van der Waals surface area contributed by atoms with Crippen LogP contribution < -0.4 is 0 Å². The molecule has 0 bridgehead atoms. The first-order valence-electron chi connectivity index (χ1n) is 8.94. The van der Waals surface area contributed by atoms with Gasteiger partial charge in [0.15, 0.2) is 0 Å². The molecular formula is C18H29N3O2. The van der Waals surface area contributed by atoms with E-state index < -0.39 is 5.60 Å². The van der Waals surface area contributed by atoms with Gasteiger partial charge in [0.1, 0.15) is 5.82 Å². The number of rotatable bonds is 4. The van der Waals surface area contributed by atoms with Gasteiger partial charge in [0, 0.05) is 37.4 Å². The third-order valence-electron chi connectivity index (χ3n) is 5.06. The minimum atomic E-state index is -0.487. The first-order valence-corrected chi connectivity index (χ1v) is 8.94. The van der Waals surface area contributed by atoms with Crippen molar-refractivity contribution in [2.75, 3.05) is 32.8 Å². The molecule has 5 heteroatoms. The normalized spacial score (nSPS) is 25.9. The molecule has 1 aromatic rings. The minimum absolute atomic E-state index is 0.430. The summed E-state index contributed by atoms with van der Waals surface area (Å²) in [6, 6.07) is 2.00. The number of β-amino-alcohol motifs (C(OH)–C–C–N with tert-alkyl or cyclic N) is 1. The number of ether oxygens (including phenoxy) is 1. The Labute approximate surface area is 139 Å². The van der Waals surface area contributed by atoms with Crippen molar-refractivity contribution in [3.8, 4) is 0 Å². The Kier molecular flexibility index (Phi) is 5.62. The largest absolute Gasteiger partial charge is 0.389 e.